The normalized spacial score (nSPS) is 11.6. The van der Waals surface area contributed by atoms with Crippen molar-refractivity contribution >= 4 is 17.2 Å². The molecule has 2 heterocycles. The molecule has 4 nitrogen and oxygen atoms in total. The van der Waals surface area contributed by atoms with Crippen molar-refractivity contribution in [2.75, 3.05) is 11.9 Å². The molecule has 8 heteroatoms. The quantitative estimate of drug-likeness (QED) is 0.940. The number of aromatic nitrogens is 3. The van der Waals surface area contributed by atoms with E-state index in [1.54, 1.807) is 11.3 Å². The third-order valence-corrected chi connectivity index (χ3v) is 3.13. The summed E-state index contributed by atoms with van der Waals surface area (Å²) < 4.78 is 36.8. The van der Waals surface area contributed by atoms with Gasteiger partial charge in [-0.2, -0.15) is 13.2 Å². The summed E-state index contributed by atoms with van der Waals surface area (Å²) >= 11 is 1.56. The lowest BCUT2D eigenvalue weighted by molar-refractivity contribution is -0.141. The predicted octanol–water partition coefficient (Wildman–Crippen LogP) is 2.91. The zero-order valence-electron chi connectivity index (χ0n) is 10.0. The van der Waals surface area contributed by atoms with Gasteiger partial charge in [-0.05, 0) is 19.1 Å². The van der Waals surface area contributed by atoms with Gasteiger partial charge in [0, 0.05) is 18.3 Å². The van der Waals surface area contributed by atoms with Crippen LogP contribution in [0.5, 0.6) is 0 Å². The van der Waals surface area contributed by atoms with Crippen LogP contribution in [0, 0.1) is 6.92 Å². The van der Waals surface area contributed by atoms with Crippen LogP contribution in [0.25, 0.3) is 0 Å². The molecule has 2 aromatic rings. The molecule has 0 unspecified atom stereocenters. The first-order valence-corrected chi connectivity index (χ1v) is 6.39. The van der Waals surface area contributed by atoms with Gasteiger partial charge in [-0.25, -0.2) is 4.98 Å². The Labute approximate surface area is 111 Å². The van der Waals surface area contributed by atoms with Gasteiger partial charge in [0.05, 0.1) is 10.7 Å². The Balaban J connectivity index is 1.86. The van der Waals surface area contributed by atoms with E-state index in [4.69, 9.17) is 0 Å². The number of nitrogens with one attached hydrogen (secondary N) is 1. The minimum atomic E-state index is -4.45. The standard InChI is InChI=1S/C11H11F3N4S/c1-7-16-8(6-19-7)4-5-15-10-3-2-9(17-18-10)11(12,13)14/h2-3,6H,4-5H2,1H3,(H,15,18). The van der Waals surface area contributed by atoms with Crippen molar-refractivity contribution in [1.29, 1.82) is 0 Å². The second-order valence-corrected chi connectivity index (χ2v) is 4.90. The predicted molar refractivity (Wildman–Crippen MR) is 66.1 cm³/mol. The largest absolute Gasteiger partial charge is 0.435 e. The van der Waals surface area contributed by atoms with Gasteiger partial charge >= 0.3 is 6.18 Å². The highest BCUT2D eigenvalue weighted by Crippen LogP contribution is 2.27. The maximum absolute atomic E-state index is 12.3. The molecular formula is C11H11F3N4S. The van der Waals surface area contributed by atoms with Crippen LogP contribution in [0.1, 0.15) is 16.4 Å². The average molecular weight is 288 g/mol. The van der Waals surface area contributed by atoms with Crippen LogP contribution >= 0.6 is 11.3 Å². The molecule has 0 aliphatic carbocycles. The van der Waals surface area contributed by atoms with Gasteiger partial charge in [0.15, 0.2) is 5.69 Å². The highest BCUT2D eigenvalue weighted by molar-refractivity contribution is 7.09. The van der Waals surface area contributed by atoms with Crippen molar-refractivity contribution in [3.05, 3.63) is 33.9 Å². The molecule has 0 spiro atoms. The van der Waals surface area contributed by atoms with Crippen LogP contribution in [0.15, 0.2) is 17.5 Å². The number of alkyl halides is 3. The van der Waals surface area contributed by atoms with Crippen LogP contribution < -0.4 is 5.32 Å². The third kappa shape index (κ3) is 3.88. The first-order chi connectivity index (χ1) is 8.95. The Morgan fingerprint density at radius 1 is 1.26 bits per heavy atom. The molecule has 0 radical (unpaired) electrons. The number of halogens is 3. The highest BCUT2D eigenvalue weighted by Gasteiger charge is 2.32. The lowest BCUT2D eigenvalue weighted by atomic mass is 10.3. The van der Waals surface area contributed by atoms with Gasteiger partial charge in [0.1, 0.15) is 5.82 Å². The van der Waals surface area contributed by atoms with E-state index in [-0.39, 0.29) is 0 Å². The second-order valence-electron chi connectivity index (χ2n) is 3.84. The lowest BCUT2D eigenvalue weighted by Gasteiger charge is -2.06. The lowest BCUT2D eigenvalue weighted by Crippen LogP contribution is -2.11. The Morgan fingerprint density at radius 2 is 2.05 bits per heavy atom. The number of nitrogens with zero attached hydrogens (tertiary/aromatic N) is 3. The fraction of sp³-hybridized carbons (Fsp3) is 0.364. The third-order valence-electron chi connectivity index (χ3n) is 2.31. The molecule has 1 N–H and O–H groups in total. The molecule has 2 rings (SSSR count). The van der Waals surface area contributed by atoms with Crippen LogP contribution in [0.4, 0.5) is 19.0 Å². The molecule has 0 aliphatic heterocycles. The molecule has 0 bridgehead atoms. The van der Waals surface area contributed by atoms with E-state index in [1.807, 2.05) is 12.3 Å². The molecule has 0 aliphatic rings. The zero-order valence-corrected chi connectivity index (χ0v) is 10.8. The topological polar surface area (TPSA) is 50.7 Å². The van der Waals surface area contributed by atoms with Gasteiger partial charge in [0.2, 0.25) is 0 Å². The molecule has 0 atom stereocenters. The molecule has 0 aromatic carbocycles. The number of aryl methyl sites for hydroxylation is 1. The van der Waals surface area contributed by atoms with E-state index in [9.17, 15) is 13.2 Å². The van der Waals surface area contributed by atoms with Crippen LogP contribution in [0.3, 0.4) is 0 Å². The molecule has 102 valence electrons. The van der Waals surface area contributed by atoms with Crippen molar-refractivity contribution in [3.8, 4) is 0 Å². The molecule has 0 amide bonds. The van der Waals surface area contributed by atoms with Crippen molar-refractivity contribution in [1.82, 2.24) is 15.2 Å². The summed E-state index contributed by atoms with van der Waals surface area (Å²) in [7, 11) is 0. The summed E-state index contributed by atoms with van der Waals surface area (Å²) in [5, 5.41) is 12.5. The van der Waals surface area contributed by atoms with E-state index in [1.165, 1.54) is 6.07 Å². The zero-order chi connectivity index (χ0) is 13.9. The second kappa shape index (κ2) is 5.52. The Kier molecular flexibility index (Phi) is 3.98. The number of hydrogen-bond acceptors (Lipinski definition) is 5. The monoisotopic (exact) mass is 288 g/mol. The molecule has 0 saturated carbocycles. The first-order valence-electron chi connectivity index (χ1n) is 5.51. The SMILES string of the molecule is Cc1nc(CCNc2ccc(C(F)(F)F)nn2)cs1. The smallest absolute Gasteiger partial charge is 0.368 e. The van der Waals surface area contributed by atoms with Gasteiger partial charge in [-0.15, -0.1) is 21.5 Å². The summed E-state index contributed by atoms with van der Waals surface area (Å²) in [4.78, 5) is 4.28. The molecule has 19 heavy (non-hydrogen) atoms. The number of anilines is 1. The van der Waals surface area contributed by atoms with E-state index >= 15 is 0 Å². The molecular weight excluding hydrogens is 277 g/mol. The van der Waals surface area contributed by atoms with E-state index in [2.05, 4.69) is 20.5 Å². The molecule has 0 fully saturated rings. The van der Waals surface area contributed by atoms with Crippen molar-refractivity contribution in [3.63, 3.8) is 0 Å². The Bertz CT molecular complexity index is 536. The van der Waals surface area contributed by atoms with Crippen LogP contribution in [0.2, 0.25) is 0 Å². The Hall–Kier alpha value is -1.70. The summed E-state index contributed by atoms with van der Waals surface area (Å²) in [6, 6.07) is 2.17. The average Bonchev–Trinajstić information content (AvgIpc) is 2.75. The summed E-state index contributed by atoms with van der Waals surface area (Å²) in [6.45, 7) is 2.46. The van der Waals surface area contributed by atoms with Gasteiger partial charge in [-0.3, -0.25) is 0 Å². The fourth-order valence-electron chi connectivity index (χ4n) is 1.42. The van der Waals surface area contributed by atoms with E-state index in [0.717, 1.165) is 16.8 Å². The van der Waals surface area contributed by atoms with E-state index < -0.39 is 11.9 Å². The van der Waals surface area contributed by atoms with Crippen molar-refractivity contribution in [2.24, 2.45) is 0 Å². The summed E-state index contributed by atoms with van der Waals surface area (Å²) in [6.07, 6.45) is -3.77. The highest BCUT2D eigenvalue weighted by atomic mass is 32.1. The maximum atomic E-state index is 12.3. The number of rotatable bonds is 4. The minimum absolute atomic E-state index is 0.319. The van der Waals surface area contributed by atoms with Crippen molar-refractivity contribution < 1.29 is 13.2 Å². The van der Waals surface area contributed by atoms with Crippen LogP contribution in [-0.2, 0) is 12.6 Å². The number of hydrogen-bond donors (Lipinski definition) is 1. The van der Waals surface area contributed by atoms with Gasteiger partial charge in [-0.1, -0.05) is 0 Å². The van der Waals surface area contributed by atoms with Gasteiger partial charge < -0.3 is 5.32 Å². The van der Waals surface area contributed by atoms with Crippen molar-refractivity contribution in [2.45, 2.75) is 19.5 Å². The number of thiazole rings is 1. The fourth-order valence-corrected chi connectivity index (χ4v) is 2.07. The summed E-state index contributed by atoms with van der Waals surface area (Å²) in [5.74, 6) is 0.319. The molecule has 2 aromatic heterocycles. The van der Waals surface area contributed by atoms with E-state index in [0.29, 0.717) is 18.8 Å². The summed E-state index contributed by atoms with van der Waals surface area (Å²) in [5.41, 5.74) is -0.0388. The van der Waals surface area contributed by atoms with Gasteiger partial charge in [0.25, 0.3) is 0 Å². The van der Waals surface area contributed by atoms with Crippen LogP contribution in [-0.4, -0.2) is 21.7 Å². The maximum Gasteiger partial charge on any atom is 0.435 e. The Morgan fingerprint density at radius 3 is 2.58 bits per heavy atom. The minimum Gasteiger partial charge on any atom is -0.368 e. The first kappa shape index (κ1) is 13.7. The molecule has 0 saturated heterocycles.